The first-order valence-corrected chi connectivity index (χ1v) is 4.26. The molecule has 0 aliphatic heterocycles. The van der Waals surface area contributed by atoms with E-state index < -0.39 is 5.24 Å². The number of aromatic hydroxyl groups is 1. The molecule has 0 atom stereocenters. The van der Waals surface area contributed by atoms with Crippen molar-refractivity contribution in [3.63, 3.8) is 0 Å². The molecule has 0 bridgehead atoms. The minimum Gasteiger partial charge on any atom is -0.506 e. The fourth-order valence-electron chi connectivity index (χ4n) is 0.674. The largest absolute Gasteiger partial charge is 0.506 e. The van der Waals surface area contributed by atoms with Crippen LogP contribution in [0.15, 0.2) is 18.2 Å². The lowest BCUT2D eigenvalue weighted by Crippen LogP contribution is -1.90. The lowest BCUT2D eigenvalue weighted by molar-refractivity contribution is 0.107. The third kappa shape index (κ3) is 1.84. The van der Waals surface area contributed by atoms with Crippen LogP contribution in [0.4, 0.5) is 0 Å². The summed E-state index contributed by atoms with van der Waals surface area (Å²) in [6, 6.07) is 4.84. The first kappa shape index (κ1) is 8.80. The molecule has 1 aromatic rings. The molecule has 0 aliphatic carbocycles. The van der Waals surface area contributed by atoms with Gasteiger partial charge in [-0.15, -0.1) is 0 Å². The monoisotopic (exact) mass is 282 g/mol. The molecule has 4 heteroatoms. The van der Waals surface area contributed by atoms with E-state index in [1.165, 1.54) is 6.07 Å². The number of carbonyl (C=O) groups is 1. The number of halogens is 2. The molecule has 0 aromatic heterocycles. The van der Waals surface area contributed by atoms with Crippen molar-refractivity contribution in [2.24, 2.45) is 0 Å². The molecule has 1 aromatic carbocycles. The molecule has 0 unspecified atom stereocenters. The van der Waals surface area contributed by atoms with Gasteiger partial charge < -0.3 is 5.11 Å². The van der Waals surface area contributed by atoms with Crippen molar-refractivity contribution in [3.05, 3.63) is 27.3 Å². The van der Waals surface area contributed by atoms with Crippen LogP contribution in [0.2, 0.25) is 0 Å². The van der Waals surface area contributed by atoms with Crippen molar-refractivity contribution in [2.45, 2.75) is 0 Å². The van der Waals surface area contributed by atoms with Crippen LogP contribution in [0.1, 0.15) is 10.4 Å². The van der Waals surface area contributed by atoms with E-state index in [1.54, 1.807) is 12.1 Å². The lowest BCUT2D eigenvalue weighted by Gasteiger charge is -1.99. The number of rotatable bonds is 1. The SMILES string of the molecule is O=C(Cl)c1cccc(I)c1O. The van der Waals surface area contributed by atoms with Crippen LogP contribution in [-0.2, 0) is 0 Å². The summed E-state index contributed by atoms with van der Waals surface area (Å²) in [4.78, 5) is 10.6. The predicted octanol–water partition coefficient (Wildman–Crippen LogP) is 2.38. The average molecular weight is 282 g/mol. The first-order chi connectivity index (χ1) is 5.13. The van der Waals surface area contributed by atoms with Gasteiger partial charge in [0.25, 0.3) is 5.24 Å². The molecule has 1 N–H and O–H groups in total. The zero-order valence-corrected chi connectivity index (χ0v) is 8.26. The standard InChI is InChI=1S/C7H4ClIO2/c8-7(11)4-2-1-3-5(9)6(4)10/h1-3,10H. The van der Waals surface area contributed by atoms with Gasteiger partial charge in [-0.25, -0.2) is 0 Å². The van der Waals surface area contributed by atoms with Crippen molar-refractivity contribution in [2.75, 3.05) is 0 Å². The molecular weight excluding hydrogens is 278 g/mol. The number of hydrogen-bond donors (Lipinski definition) is 1. The summed E-state index contributed by atoms with van der Waals surface area (Å²) in [6.45, 7) is 0. The van der Waals surface area contributed by atoms with E-state index in [2.05, 4.69) is 0 Å². The molecule has 0 aliphatic rings. The van der Waals surface area contributed by atoms with Gasteiger partial charge >= 0.3 is 0 Å². The Hall–Kier alpha value is -0.290. The summed E-state index contributed by atoms with van der Waals surface area (Å²) in [5.74, 6) is -0.0481. The van der Waals surface area contributed by atoms with E-state index >= 15 is 0 Å². The minimum atomic E-state index is -0.638. The number of carbonyl (C=O) groups excluding carboxylic acids is 1. The maximum Gasteiger partial charge on any atom is 0.256 e. The van der Waals surface area contributed by atoms with Crippen LogP contribution in [0.3, 0.4) is 0 Å². The van der Waals surface area contributed by atoms with Crippen LogP contribution in [0.5, 0.6) is 5.75 Å². The summed E-state index contributed by atoms with van der Waals surface area (Å²) in [5.41, 5.74) is 0.151. The Balaban J connectivity index is 3.27. The summed E-state index contributed by atoms with van der Waals surface area (Å²) < 4.78 is 0.620. The molecule has 2 nitrogen and oxygen atoms in total. The number of phenolic OH excluding ortho intramolecular Hbond substituents is 1. The number of hydrogen-bond acceptors (Lipinski definition) is 2. The zero-order chi connectivity index (χ0) is 8.43. The quantitative estimate of drug-likeness (QED) is 0.634. The summed E-state index contributed by atoms with van der Waals surface area (Å²) in [5, 5.41) is 8.62. The van der Waals surface area contributed by atoms with Gasteiger partial charge in [-0.1, -0.05) is 6.07 Å². The second-order valence-corrected chi connectivity index (χ2v) is 3.42. The van der Waals surface area contributed by atoms with Crippen LogP contribution in [-0.4, -0.2) is 10.3 Å². The highest BCUT2D eigenvalue weighted by Gasteiger charge is 2.09. The van der Waals surface area contributed by atoms with Crippen molar-refractivity contribution in [1.29, 1.82) is 0 Å². The van der Waals surface area contributed by atoms with Gasteiger partial charge in [0, 0.05) is 0 Å². The molecule has 0 heterocycles. The Morgan fingerprint density at radius 1 is 1.55 bits per heavy atom. The molecule has 0 spiro atoms. The van der Waals surface area contributed by atoms with E-state index in [9.17, 15) is 9.90 Å². The van der Waals surface area contributed by atoms with Gasteiger partial charge in [0.2, 0.25) is 0 Å². The molecule has 11 heavy (non-hydrogen) atoms. The summed E-state index contributed by atoms with van der Waals surface area (Å²) >= 11 is 7.10. The van der Waals surface area contributed by atoms with Crippen LogP contribution in [0.25, 0.3) is 0 Å². The molecular formula is C7H4ClIO2. The van der Waals surface area contributed by atoms with Gasteiger partial charge in [0.15, 0.2) is 0 Å². The second kappa shape index (κ2) is 3.40. The third-order valence-electron chi connectivity index (χ3n) is 1.20. The Morgan fingerprint density at radius 2 is 2.18 bits per heavy atom. The van der Waals surface area contributed by atoms with Crippen LogP contribution in [0, 0.1) is 3.57 Å². The highest BCUT2D eigenvalue weighted by Crippen LogP contribution is 2.24. The number of phenols is 1. The third-order valence-corrected chi connectivity index (χ3v) is 2.27. The smallest absolute Gasteiger partial charge is 0.256 e. The van der Waals surface area contributed by atoms with Crippen LogP contribution >= 0.6 is 34.2 Å². The Labute approximate surface area is 82.3 Å². The molecule has 58 valence electrons. The summed E-state index contributed by atoms with van der Waals surface area (Å²) in [6.07, 6.45) is 0. The summed E-state index contributed by atoms with van der Waals surface area (Å²) in [7, 11) is 0. The van der Waals surface area contributed by atoms with Crippen molar-refractivity contribution >= 4 is 39.4 Å². The van der Waals surface area contributed by atoms with Crippen molar-refractivity contribution < 1.29 is 9.90 Å². The van der Waals surface area contributed by atoms with Gasteiger partial charge in [-0.3, -0.25) is 4.79 Å². The fourth-order valence-corrected chi connectivity index (χ4v) is 1.32. The maximum atomic E-state index is 10.6. The molecule has 0 fully saturated rings. The predicted molar refractivity (Wildman–Crippen MR) is 51.0 cm³/mol. The van der Waals surface area contributed by atoms with E-state index in [-0.39, 0.29) is 11.3 Å². The van der Waals surface area contributed by atoms with E-state index in [4.69, 9.17) is 11.6 Å². The maximum absolute atomic E-state index is 10.6. The van der Waals surface area contributed by atoms with Gasteiger partial charge in [0.05, 0.1) is 9.13 Å². The van der Waals surface area contributed by atoms with E-state index in [0.717, 1.165) is 0 Å². The molecule has 0 radical (unpaired) electrons. The normalized spacial score (nSPS) is 9.64. The Morgan fingerprint density at radius 3 is 2.64 bits per heavy atom. The first-order valence-electron chi connectivity index (χ1n) is 2.80. The van der Waals surface area contributed by atoms with Gasteiger partial charge in [0.1, 0.15) is 5.75 Å². The second-order valence-electron chi connectivity index (χ2n) is 1.91. The number of para-hydroxylation sites is 1. The van der Waals surface area contributed by atoms with Gasteiger partial charge in [-0.2, -0.15) is 0 Å². The van der Waals surface area contributed by atoms with Crippen molar-refractivity contribution in [1.82, 2.24) is 0 Å². The van der Waals surface area contributed by atoms with Gasteiger partial charge in [-0.05, 0) is 46.3 Å². The molecule has 1 rings (SSSR count). The fraction of sp³-hybridized carbons (Fsp3) is 0. The highest BCUT2D eigenvalue weighted by atomic mass is 127. The molecule has 0 saturated heterocycles. The lowest BCUT2D eigenvalue weighted by atomic mass is 10.2. The molecule has 0 saturated carbocycles. The molecule has 0 amide bonds. The van der Waals surface area contributed by atoms with Crippen molar-refractivity contribution in [3.8, 4) is 5.75 Å². The Bertz CT molecular complexity index is 298. The van der Waals surface area contributed by atoms with Crippen LogP contribution < -0.4 is 0 Å². The average Bonchev–Trinajstić information content (AvgIpc) is 1.94. The topological polar surface area (TPSA) is 37.3 Å². The zero-order valence-electron chi connectivity index (χ0n) is 5.34. The van der Waals surface area contributed by atoms with E-state index in [1.807, 2.05) is 22.6 Å². The minimum absolute atomic E-state index is 0.0481. The Kier molecular flexibility index (Phi) is 2.72. The number of benzene rings is 1. The highest BCUT2D eigenvalue weighted by molar-refractivity contribution is 14.1. The van der Waals surface area contributed by atoms with E-state index in [0.29, 0.717) is 3.57 Å².